The molecule has 0 radical (unpaired) electrons. The lowest BCUT2D eigenvalue weighted by molar-refractivity contribution is -0.0447. The molecular weight excluding hydrogens is 306 g/mol. The normalized spacial score (nSPS) is 24.5. The summed E-state index contributed by atoms with van der Waals surface area (Å²) in [4.78, 5) is 5.48. The molecule has 2 saturated heterocycles. The lowest BCUT2D eigenvalue weighted by Gasteiger charge is -2.38. The first-order valence-corrected chi connectivity index (χ1v) is 9.34. The molecule has 4 heterocycles. The van der Waals surface area contributed by atoms with Gasteiger partial charge in [0.1, 0.15) is 0 Å². The minimum Gasteiger partial charge on any atom is -0.374 e. The van der Waals surface area contributed by atoms with Gasteiger partial charge in [-0.25, -0.2) is 0 Å². The van der Waals surface area contributed by atoms with E-state index >= 15 is 0 Å². The Morgan fingerprint density at radius 2 is 2.17 bits per heavy atom. The van der Waals surface area contributed by atoms with Gasteiger partial charge in [-0.1, -0.05) is 0 Å². The summed E-state index contributed by atoms with van der Waals surface area (Å²) < 4.78 is 8.19. The van der Waals surface area contributed by atoms with Gasteiger partial charge < -0.3 is 4.74 Å². The average molecular weight is 331 g/mol. The van der Waals surface area contributed by atoms with Gasteiger partial charge >= 0.3 is 0 Å². The van der Waals surface area contributed by atoms with Crippen LogP contribution in [0.2, 0.25) is 0 Å². The van der Waals surface area contributed by atoms with Crippen LogP contribution in [0.4, 0.5) is 0 Å². The van der Waals surface area contributed by atoms with E-state index < -0.39 is 0 Å². The first-order chi connectivity index (χ1) is 11.1. The zero-order chi connectivity index (χ0) is 15.9. The fourth-order valence-corrected chi connectivity index (χ4v) is 4.90. The molecule has 5 heteroatoms. The van der Waals surface area contributed by atoms with Crippen molar-refractivity contribution in [3.63, 3.8) is 0 Å². The zero-order valence-corrected chi connectivity index (χ0v) is 14.8. The van der Waals surface area contributed by atoms with Crippen molar-refractivity contribution in [1.29, 1.82) is 0 Å². The maximum absolute atomic E-state index is 6.30. The third-order valence-electron chi connectivity index (χ3n) is 5.35. The summed E-state index contributed by atoms with van der Waals surface area (Å²) in [5.74, 6) is 0.523. The van der Waals surface area contributed by atoms with Gasteiger partial charge in [-0.05, 0) is 43.9 Å². The number of ether oxygens (including phenoxy) is 1. The van der Waals surface area contributed by atoms with Gasteiger partial charge in [0, 0.05) is 48.6 Å². The van der Waals surface area contributed by atoms with E-state index in [9.17, 15) is 0 Å². The first-order valence-electron chi connectivity index (χ1n) is 8.52. The quantitative estimate of drug-likeness (QED) is 0.864. The molecule has 23 heavy (non-hydrogen) atoms. The highest BCUT2D eigenvalue weighted by Crippen LogP contribution is 2.42. The summed E-state index contributed by atoms with van der Waals surface area (Å²) in [5.41, 5.74) is 1.45. The molecule has 2 aliphatic heterocycles. The summed E-state index contributed by atoms with van der Waals surface area (Å²) in [5, 5.41) is 4.31. The maximum Gasteiger partial charge on any atom is 0.0713 e. The number of piperidine rings is 1. The maximum atomic E-state index is 6.30. The minimum absolute atomic E-state index is 0.113. The van der Waals surface area contributed by atoms with Crippen molar-refractivity contribution >= 4 is 11.3 Å². The second kappa shape index (κ2) is 6.04. The topological polar surface area (TPSA) is 30.3 Å². The Bertz CT molecular complexity index is 669. The Kier molecular flexibility index (Phi) is 4.03. The number of likely N-dealkylation sites (tertiary alicyclic amines) is 1. The first kappa shape index (κ1) is 15.4. The van der Waals surface area contributed by atoms with E-state index in [-0.39, 0.29) is 5.60 Å². The van der Waals surface area contributed by atoms with Gasteiger partial charge in [0.25, 0.3) is 0 Å². The Balaban J connectivity index is 1.34. The number of hydrogen-bond acceptors (Lipinski definition) is 4. The van der Waals surface area contributed by atoms with E-state index in [1.165, 1.54) is 15.3 Å². The fraction of sp³-hybridized carbons (Fsp3) is 0.611. The summed E-state index contributed by atoms with van der Waals surface area (Å²) >= 11 is 1.92. The molecule has 1 spiro atoms. The Hall–Kier alpha value is -1.17. The molecule has 0 saturated carbocycles. The van der Waals surface area contributed by atoms with E-state index in [1.807, 2.05) is 29.3 Å². The van der Waals surface area contributed by atoms with Crippen LogP contribution in [0.15, 0.2) is 24.5 Å². The predicted octanol–water partition coefficient (Wildman–Crippen LogP) is 3.33. The van der Waals surface area contributed by atoms with Crippen molar-refractivity contribution in [1.82, 2.24) is 14.7 Å². The standard InChI is InChI=1S/C18H25N3OS/c1-14-3-4-17(23-14)12-21-7-5-18(6-8-21)9-15(13-22-18)16-10-19-20(2)11-16/h3-4,10-11,15H,5-9,12-13H2,1-2H3/t15-/m0/s1. The molecule has 2 fully saturated rings. The molecule has 2 aromatic rings. The minimum atomic E-state index is 0.113. The molecule has 2 aliphatic rings. The molecular formula is C18H25N3OS. The number of aryl methyl sites for hydroxylation is 2. The van der Waals surface area contributed by atoms with E-state index in [2.05, 4.69) is 35.3 Å². The number of hydrogen-bond donors (Lipinski definition) is 0. The van der Waals surface area contributed by atoms with Gasteiger partial charge in [0.2, 0.25) is 0 Å². The molecule has 0 aliphatic carbocycles. The number of thiophene rings is 1. The van der Waals surface area contributed by atoms with Gasteiger partial charge in [-0.2, -0.15) is 5.10 Å². The van der Waals surface area contributed by atoms with E-state index in [0.717, 1.165) is 45.5 Å². The molecule has 4 nitrogen and oxygen atoms in total. The van der Waals surface area contributed by atoms with Crippen LogP contribution in [0.1, 0.15) is 40.5 Å². The Labute approximate surface area is 142 Å². The van der Waals surface area contributed by atoms with Gasteiger partial charge in [0.05, 0.1) is 18.4 Å². The highest BCUT2D eigenvalue weighted by Gasteiger charge is 2.43. The van der Waals surface area contributed by atoms with Gasteiger partial charge in [-0.3, -0.25) is 9.58 Å². The highest BCUT2D eigenvalue weighted by atomic mass is 32.1. The van der Waals surface area contributed by atoms with Crippen molar-refractivity contribution in [2.45, 2.75) is 44.2 Å². The third-order valence-corrected chi connectivity index (χ3v) is 6.33. The molecule has 2 aromatic heterocycles. The van der Waals surface area contributed by atoms with Gasteiger partial charge in [0.15, 0.2) is 0 Å². The van der Waals surface area contributed by atoms with Crippen LogP contribution in [-0.2, 0) is 18.3 Å². The zero-order valence-electron chi connectivity index (χ0n) is 14.0. The van der Waals surface area contributed by atoms with Crippen molar-refractivity contribution in [2.75, 3.05) is 19.7 Å². The second-order valence-corrected chi connectivity index (χ2v) is 8.50. The van der Waals surface area contributed by atoms with Crippen molar-refractivity contribution in [2.24, 2.45) is 7.05 Å². The van der Waals surface area contributed by atoms with Crippen molar-refractivity contribution in [3.05, 3.63) is 39.8 Å². The molecule has 0 N–H and O–H groups in total. The smallest absolute Gasteiger partial charge is 0.0713 e. The Morgan fingerprint density at radius 1 is 1.35 bits per heavy atom. The second-order valence-electron chi connectivity index (χ2n) is 7.13. The van der Waals surface area contributed by atoms with E-state index in [0.29, 0.717) is 5.92 Å². The lowest BCUT2D eigenvalue weighted by atomic mass is 9.84. The SMILES string of the molecule is Cc1ccc(CN2CCC3(CC2)C[C@H](c2cnn(C)c2)CO3)s1. The van der Waals surface area contributed by atoms with Crippen LogP contribution in [0.25, 0.3) is 0 Å². The fourth-order valence-electron chi connectivity index (χ4n) is 3.97. The molecule has 1 atom stereocenters. The van der Waals surface area contributed by atoms with Crippen LogP contribution in [-0.4, -0.2) is 40.0 Å². The van der Waals surface area contributed by atoms with Crippen LogP contribution >= 0.6 is 11.3 Å². The molecule has 0 amide bonds. The lowest BCUT2D eigenvalue weighted by Crippen LogP contribution is -2.43. The molecule has 0 aromatic carbocycles. The van der Waals surface area contributed by atoms with Gasteiger partial charge in [-0.15, -0.1) is 11.3 Å². The largest absolute Gasteiger partial charge is 0.374 e. The average Bonchev–Trinajstić information content (AvgIpc) is 3.24. The van der Waals surface area contributed by atoms with Crippen molar-refractivity contribution < 1.29 is 4.74 Å². The number of nitrogens with zero attached hydrogens (tertiary/aromatic N) is 3. The highest BCUT2D eigenvalue weighted by molar-refractivity contribution is 7.11. The molecule has 124 valence electrons. The summed E-state index contributed by atoms with van der Waals surface area (Å²) in [6.07, 6.45) is 7.62. The number of aromatic nitrogens is 2. The predicted molar refractivity (Wildman–Crippen MR) is 92.8 cm³/mol. The van der Waals surface area contributed by atoms with Crippen molar-refractivity contribution in [3.8, 4) is 0 Å². The third kappa shape index (κ3) is 3.23. The van der Waals surface area contributed by atoms with Crippen LogP contribution in [0, 0.1) is 6.92 Å². The molecule has 4 rings (SSSR count). The van der Waals surface area contributed by atoms with Crippen LogP contribution < -0.4 is 0 Å². The number of rotatable bonds is 3. The Morgan fingerprint density at radius 3 is 2.83 bits per heavy atom. The molecule has 0 bridgehead atoms. The summed E-state index contributed by atoms with van der Waals surface area (Å²) in [6, 6.07) is 4.50. The van der Waals surface area contributed by atoms with E-state index in [1.54, 1.807) is 0 Å². The van der Waals surface area contributed by atoms with E-state index in [4.69, 9.17) is 4.74 Å². The van der Waals surface area contributed by atoms with Crippen LogP contribution in [0.3, 0.4) is 0 Å². The monoisotopic (exact) mass is 331 g/mol. The van der Waals surface area contributed by atoms with Crippen LogP contribution in [0.5, 0.6) is 0 Å². The summed E-state index contributed by atoms with van der Waals surface area (Å²) in [6.45, 7) is 6.44. The molecule has 0 unspecified atom stereocenters. The summed E-state index contributed by atoms with van der Waals surface area (Å²) in [7, 11) is 1.99.